The molecule has 1 fully saturated rings. The first-order valence-corrected chi connectivity index (χ1v) is 10.7. The minimum absolute atomic E-state index is 0.222. The molecule has 1 spiro atoms. The van der Waals surface area contributed by atoms with Gasteiger partial charge in [-0.2, -0.15) is 5.01 Å². The Kier molecular flexibility index (Phi) is 5.56. The molecule has 0 aliphatic carbocycles. The van der Waals surface area contributed by atoms with Crippen LogP contribution in [0.4, 0.5) is 5.69 Å². The summed E-state index contributed by atoms with van der Waals surface area (Å²) < 4.78 is 5.40. The molecule has 1 saturated heterocycles. The lowest BCUT2D eigenvalue weighted by atomic mass is 10.0. The van der Waals surface area contributed by atoms with Crippen molar-refractivity contribution in [2.45, 2.75) is 25.6 Å². The number of hydrogen-bond donors (Lipinski definition) is 1. The minimum Gasteiger partial charge on any atom is -0.379 e. The number of amides is 3. The second-order valence-corrected chi connectivity index (χ2v) is 8.78. The van der Waals surface area contributed by atoms with E-state index in [1.165, 1.54) is 18.9 Å². The summed E-state index contributed by atoms with van der Waals surface area (Å²) in [7, 11) is 0. The largest absolute Gasteiger partial charge is 0.379 e. The van der Waals surface area contributed by atoms with Gasteiger partial charge in [-0.1, -0.05) is 17.7 Å². The molecule has 1 aromatic rings. The molecule has 1 N–H and O–H groups in total. The highest BCUT2D eigenvalue weighted by atomic mass is 32.2. The Morgan fingerprint density at radius 3 is 2.63 bits per heavy atom. The van der Waals surface area contributed by atoms with Gasteiger partial charge in [0.2, 0.25) is 16.7 Å². The van der Waals surface area contributed by atoms with Crippen LogP contribution in [0.2, 0.25) is 0 Å². The smallest absolute Gasteiger partial charge is 0.270 e. The van der Waals surface area contributed by atoms with Gasteiger partial charge in [-0.3, -0.25) is 19.3 Å². The van der Waals surface area contributed by atoms with Crippen molar-refractivity contribution < 1.29 is 19.1 Å². The molecule has 0 unspecified atom stereocenters. The van der Waals surface area contributed by atoms with E-state index in [9.17, 15) is 14.4 Å². The number of ether oxygens (including phenoxy) is 1. The lowest BCUT2D eigenvalue weighted by Crippen LogP contribution is -2.50. The number of hydrogen-bond acceptors (Lipinski definition) is 7. The zero-order valence-electron chi connectivity index (χ0n) is 17.3. The van der Waals surface area contributed by atoms with Gasteiger partial charge in [0.15, 0.2) is 5.17 Å². The maximum atomic E-state index is 13.8. The van der Waals surface area contributed by atoms with E-state index < -0.39 is 4.87 Å². The molecule has 0 bridgehead atoms. The maximum absolute atomic E-state index is 13.8. The van der Waals surface area contributed by atoms with Crippen LogP contribution in [0.15, 0.2) is 23.3 Å². The van der Waals surface area contributed by atoms with Gasteiger partial charge in [-0.05, 0) is 24.8 Å². The first kappa shape index (κ1) is 20.8. The van der Waals surface area contributed by atoms with Gasteiger partial charge in [-0.15, -0.1) is 5.10 Å². The molecule has 0 radical (unpaired) electrons. The van der Waals surface area contributed by atoms with E-state index in [0.717, 1.165) is 41.7 Å². The fourth-order valence-electron chi connectivity index (χ4n) is 4.01. The lowest BCUT2D eigenvalue weighted by molar-refractivity contribution is -0.139. The molecule has 4 rings (SSSR count). The number of aryl methyl sites for hydroxylation is 1. The third-order valence-corrected chi connectivity index (χ3v) is 6.64. The molecule has 3 aliphatic rings. The van der Waals surface area contributed by atoms with Gasteiger partial charge in [0.1, 0.15) is 0 Å². The second kappa shape index (κ2) is 8.01. The van der Waals surface area contributed by atoms with Crippen molar-refractivity contribution in [2.75, 3.05) is 44.3 Å². The zero-order valence-corrected chi connectivity index (χ0v) is 18.1. The normalized spacial score (nSPS) is 23.7. The van der Waals surface area contributed by atoms with Crippen molar-refractivity contribution in [2.24, 2.45) is 5.10 Å². The standard InChI is InChI=1S/C20H25N5O4S/c1-13-4-5-17-16(12-13)20(25(15(3)27)22-19(30-20)21-14(2)26)18(28)24(17)7-6-23-8-10-29-11-9-23/h4-5,12H,6-11H2,1-3H3,(H,21,22,26)/t20-/m0/s1. The Bertz CT molecular complexity index is 930. The van der Waals surface area contributed by atoms with Gasteiger partial charge in [0, 0.05) is 45.6 Å². The van der Waals surface area contributed by atoms with Gasteiger partial charge >= 0.3 is 0 Å². The van der Waals surface area contributed by atoms with E-state index in [0.29, 0.717) is 26.3 Å². The Morgan fingerprint density at radius 1 is 1.23 bits per heavy atom. The van der Waals surface area contributed by atoms with Crippen molar-refractivity contribution in [1.29, 1.82) is 0 Å². The van der Waals surface area contributed by atoms with Crippen LogP contribution in [0.25, 0.3) is 0 Å². The molecular formula is C20H25N5O4S. The number of hydrazone groups is 1. The molecule has 1 atom stereocenters. The van der Waals surface area contributed by atoms with E-state index >= 15 is 0 Å². The number of thioether (sulfide) groups is 1. The van der Waals surface area contributed by atoms with Gasteiger partial charge in [-0.25, -0.2) is 0 Å². The number of carbonyl (C=O) groups is 3. The summed E-state index contributed by atoms with van der Waals surface area (Å²) in [5, 5.41) is 8.36. The number of amidine groups is 1. The van der Waals surface area contributed by atoms with Crippen LogP contribution < -0.4 is 10.2 Å². The summed E-state index contributed by atoms with van der Waals surface area (Å²) in [5.41, 5.74) is 2.48. The maximum Gasteiger partial charge on any atom is 0.270 e. The molecule has 0 aromatic heterocycles. The molecule has 9 nitrogen and oxygen atoms in total. The molecule has 3 heterocycles. The van der Waals surface area contributed by atoms with Crippen molar-refractivity contribution in [1.82, 2.24) is 15.2 Å². The van der Waals surface area contributed by atoms with Crippen LogP contribution in [0.5, 0.6) is 0 Å². The molecule has 10 heteroatoms. The van der Waals surface area contributed by atoms with Crippen molar-refractivity contribution in [3.8, 4) is 0 Å². The molecule has 160 valence electrons. The van der Waals surface area contributed by atoms with Crippen LogP contribution in [-0.4, -0.2) is 72.2 Å². The van der Waals surface area contributed by atoms with Crippen LogP contribution in [-0.2, 0) is 24.0 Å². The monoisotopic (exact) mass is 431 g/mol. The third-order valence-electron chi connectivity index (χ3n) is 5.40. The summed E-state index contributed by atoms with van der Waals surface area (Å²) in [5.74, 6) is -0.889. The van der Waals surface area contributed by atoms with E-state index in [4.69, 9.17) is 4.74 Å². The molecule has 0 saturated carbocycles. The average molecular weight is 432 g/mol. The molecule has 3 aliphatic heterocycles. The van der Waals surface area contributed by atoms with Gasteiger partial charge in [0.25, 0.3) is 5.91 Å². The van der Waals surface area contributed by atoms with Crippen LogP contribution in [0, 0.1) is 6.92 Å². The SMILES string of the molecule is CC(=O)NC1=NN(C(C)=O)[C@@]2(S1)C(=O)N(CCN1CCOCC1)c1ccc(C)cc12. The fraction of sp³-hybridized carbons (Fsp3) is 0.500. The van der Waals surface area contributed by atoms with E-state index in [1.54, 1.807) is 4.90 Å². The van der Waals surface area contributed by atoms with Crippen LogP contribution >= 0.6 is 11.8 Å². The summed E-state index contributed by atoms with van der Waals surface area (Å²) in [6.07, 6.45) is 0. The minimum atomic E-state index is -1.34. The van der Waals surface area contributed by atoms with Gasteiger partial charge in [0.05, 0.1) is 18.9 Å². The predicted octanol–water partition coefficient (Wildman–Crippen LogP) is 0.829. The summed E-state index contributed by atoms with van der Waals surface area (Å²) in [4.78, 5) is 40.5. The summed E-state index contributed by atoms with van der Waals surface area (Å²) >= 11 is 1.11. The summed E-state index contributed by atoms with van der Waals surface area (Å²) in [6.45, 7) is 8.95. The molecule has 3 amide bonds. The quantitative estimate of drug-likeness (QED) is 0.762. The lowest BCUT2D eigenvalue weighted by Gasteiger charge is -2.31. The first-order chi connectivity index (χ1) is 14.3. The van der Waals surface area contributed by atoms with Crippen LogP contribution in [0.3, 0.4) is 0 Å². The Morgan fingerprint density at radius 2 is 1.97 bits per heavy atom. The Labute approximate surface area is 179 Å². The topological polar surface area (TPSA) is 94.5 Å². The number of fused-ring (bicyclic) bond motifs is 2. The number of nitrogens with zero attached hydrogens (tertiary/aromatic N) is 4. The number of anilines is 1. The van der Waals surface area contributed by atoms with E-state index in [2.05, 4.69) is 15.3 Å². The van der Waals surface area contributed by atoms with E-state index in [1.807, 2.05) is 25.1 Å². The molecular weight excluding hydrogens is 406 g/mol. The average Bonchev–Trinajstić information content (AvgIpc) is 3.18. The number of benzene rings is 1. The highest BCUT2D eigenvalue weighted by molar-refractivity contribution is 8.15. The van der Waals surface area contributed by atoms with E-state index in [-0.39, 0.29) is 22.9 Å². The van der Waals surface area contributed by atoms with Crippen molar-refractivity contribution in [3.63, 3.8) is 0 Å². The molecule has 1 aromatic carbocycles. The molecule has 30 heavy (non-hydrogen) atoms. The summed E-state index contributed by atoms with van der Waals surface area (Å²) in [6, 6.07) is 5.81. The Hall–Kier alpha value is -2.43. The number of morpholine rings is 1. The van der Waals surface area contributed by atoms with Gasteiger partial charge < -0.3 is 15.0 Å². The predicted molar refractivity (Wildman–Crippen MR) is 114 cm³/mol. The Balaban J connectivity index is 1.70. The third kappa shape index (κ3) is 3.48. The fourth-order valence-corrected chi connectivity index (χ4v) is 5.34. The number of nitrogens with one attached hydrogen (secondary N) is 1. The van der Waals surface area contributed by atoms with Crippen molar-refractivity contribution in [3.05, 3.63) is 29.3 Å². The van der Waals surface area contributed by atoms with Crippen molar-refractivity contribution >= 4 is 40.3 Å². The highest BCUT2D eigenvalue weighted by Crippen LogP contribution is 2.54. The van der Waals surface area contributed by atoms with Crippen LogP contribution in [0.1, 0.15) is 25.0 Å². The first-order valence-electron chi connectivity index (χ1n) is 9.92. The number of carbonyl (C=O) groups excluding carboxylic acids is 3. The zero-order chi connectivity index (χ0) is 21.5. The second-order valence-electron chi connectivity index (χ2n) is 7.59. The highest BCUT2D eigenvalue weighted by Gasteiger charge is 2.61. The number of rotatable bonds is 3.